The third kappa shape index (κ3) is 3.35. The highest BCUT2D eigenvalue weighted by Crippen LogP contribution is 2.22. The van der Waals surface area contributed by atoms with Crippen LogP contribution in [0.15, 0.2) is 24.5 Å². The van der Waals surface area contributed by atoms with Crippen LogP contribution in [-0.4, -0.2) is 40.5 Å². The quantitative estimate of drug-likeness (QED) is 0.920. The van der Waals surface area contributed by atoms with Crippen LogP contribution in [0.3, 0.4) is 0 Å². The first-order chi connectivity index (χ1) is 10.6. The van der Waals surface area contributed by atoms with Crippen molar-refractivity contribution in [1.82, 2.24) is 14.9 Å². The van der Waals surface area contributed by atoms with Gasteiger partial charge in [0.15, 0.2) is 0 Å². The molecule has 2 aromatic rings. The van der Waals surface area contributed by atoms with Crippen molar-refractivity contribution in [2.24, 2.45) is 5.92 Å². The number of halogens is 1. The van der Waals surface area contributed by atoms with Crippen LogP contribution in [0.4, 0.5) is 10.2 Å². The zero-order valence-electron chi connectivity index (χ0n) is 13.2. The minimum Gasteiger partial charge on any atom is -0.368 e. The van der Waals surface area contributed by atoms with Gasteiger partial charge in [-0.1, -0.05) is 13.8 Å². The number of anilines is 1. The van der Waals surface area contributed by atoms with E-state index in [1.807, 2.05) is 0 Å². The fraction of sp³-hybridized carbons (Fsp3) is 0.529. The molecule has 1 N–H and O–H groups in total. The van der Waals surface area contributed by atoms with Crippen molar-refractivity contribution in [3.63, 3.8) is 0 Å². The van der Waals surface area contributed by atoms with Gasteiger partial charge in [0, 0.05) is 24.5 Å². The van der Waals surface area contributed by atoms with Crippen LogP contribution in [0.2, 0.25) is 0 Å². The molecular weight excluding hydrogens is 279 g/mol. The van der Waals surface area contributed by atoms with Crippen LogP contribution >= 0.6 is 0 Å². The van der Waals surface area contributed by atoms with E-state index in [0.717, 1.165) is 29.8 Å². The highest BCUT2D eigenvalue weighted by molar-refractivity contribution is 5.88. The Morgan fingerprint density at radius 3 is 3.05 bits per heavy atom. The number of nitrogens with one attached hydrogen (secondary N) is 1. The van der Waals surface area contributed by atoms with Gasteiger partial charge < -0.3 is 5.32 Å². The highest BCUT2D eigenvalue weighted by Gasteiger charge is 2.24. The van der Waals surface area contributed by atoms with Crippen molar-refractivity contribution in [1.29, 1.82) is 0 Å². The molecule has 1 atom stereocenters. The fourth-order valence-electron chi connectivity index (χ4n) is 3.22. The van der Waals surface area contributed by atoms with Gasteiger partial charge in [0.05, 0.1) is 5.52 Å². The van der Waals surface area contributed by atoms with Crippen molar-refractivity contribution in [3.05, 3.63) is 30.3 Å². The SMILES string of the molecule is CC(C)CN1CCC[C@@H]1CNc1ncnc2ccc(F)cc12. The van der Waals surface area contributed by atoms with Gasteiger partial charge in [-0.05, 0) is 43.5 Å². The smallest absolute Gasteiger partial charge is 0.137 e. The van der Waals surface area contributed by atoms with Crippen molar-refractivity contribution in [3.8, 4) is 0 Å². The molecule has 1 aromatic heterocycles. The van der Waals surface area contributed by atoms with Gasteiger partial charge >= 0.3 is 0 Å². The molecule has 1 aromatic carbocycles. The summed E-state index contributed by atoms with van der Waals surface area (Å²) in [7, 11) is 0. The number of hydrogen-bond donors (Lipinski definition) is 1. The van der Waals surface area contributed by atoms with Crippen molar-refractivity contribution in [2.75, 3.05) is 25.0 Å². The van der Waals surface area contributed by atoms with E-state index in [1.54, 1.807) is 6.07 Å². The second-order valence-corrected chi connectivity index (χ2v) is 6.45. The van der Waals surface area contributed by atoms with Gasteiger partial charge in [-0.25, -0.2) is 14.4 Å². The maximum Gasteiger partial charge on any atom is 0.137 e. The molecule has 5 heteroatoms. The first kappa shape index (κ1) is 15.2. The molecular formula is C17H23FN4. The minimum absolute atomic E-state index is 0.257. The van der Waals surface area contributed by atoms with Gasteiger partial charge in [0.1, 0.15) is 18.0 Å². The van der Waals surface area contributed by atoms with Crippen LogP contribution in [0.25, 0.3) is 10.9 Å². The second-order valence-electron chi connectivity index (χ2n) is 6.45. The predicted molar refractivity (Wildman–Crippen MR) is 87.4 cm³/mol. The number of aromatic nitrogens is 2. The molecule has 0 radical (unpaired) electrons. The summed E-state index contributed by atoms with van der Waals surface area (Å²) in [5.74, 6) is 1.14. The average molecular weight is 302 g/mol. The van der Waals surface area contributed by atoms with E-state index >= 15 is 0 Å². The van der Waals surface area contributed by atoms with Gasteiger partial charge in [0.25, 0.3) is 0 Å². The fourth-order valence-corrected chi connectivity index (χ4v) is 3.22. The molecule has 0 amide bonds. The summed E-state index contributed by atoms with van der Waals surface area (Å²) in [5, 5.41) is 4.15. The van der Waals surface area contributed by atoms with Crippen molar-refractivity contribution >= 4 is 16.7 Å². The normalized spacial score (nSPS) is 19.2. The molecule has 0 unspecified atom stereocenters. The lowest BCUT2D eigenvalue weighted by atomic mass is 10.1. The Hall–Kier alpha value is -1.75. The lowest BCUT2D eigenvalue weighted by molar-refractivity contribution is 0.234. The minimum atomic E-state index is -0.257. The Labute approximate surface area is 130 Å². The number of likely N-dealkylation sites (tertiary alicyclic amines) is 1. The zero-order valence-corrected chi connectivity index (χ0v) is 13.2. The van der Waals surface area contributed by atoms with Crippen LogP contribution in [0.5, 0.6) is 0 Å². The number of hydrogen-bond acceptors (Lipinski definition) is 4. The Balaban J connectivity index is 1.72. The summed E-state index contributed by atoms with van der Waals surface area (Å²) < 4.78 is 13.5. The molecule has 1 aliphatic rings. The lowest BCUT2D eigenvalue weighted by Gasteiger charge is -2.26. The van der Waals surface area contributed by atoms with Crippen LogP contribution in [0.1, 0.15) is 26.7 Å². The Bertz CT molecular complexity index is 644. The number of rotatable bonds is 5. The topological polar surface area (TPSA) is 41.0 Å². The molecule has 118 valence electrons. The van der Waals surface area contributed by atoms with Crippen LogP contribution in [0, 0.1) is 11.7 Å². The Morgan fingerprint density at radius 2 is 2.23 bits per heavy atom. The molecule has 0 bridgehead atoms. The van der Waals surface area contributed by atoms with E-state index in [9.17, 15) is 4.39 Å². The highest BCUT2D eigenvalue weighted by atomic mass is 19.1. The molecule has 1 aliphatic heterocycles. The summed E-state index contributed by atoms with van der Waals surface area (Å²) in [4.78, 5) is 11.0. The van der Waals surface area contributed by atoms with Crippen LogP contribution < -0.4 is 5.32 Å². The molecule has 3 rings (SSSR count). The van der Waals surface area contributed by atoms with Crippen molar-refractivity contribution in [2.45, 2.75) is 32.7 Å². The maximum atomic E-state index is 13.5. The monoisotopic (exact) mass is 302 g/mol. The summed E-state index contributed by atoms with van der Waals surface area (Å²) in [6.45, 7) is 7.65. The first-order valence-corrected chi connectivity index (χ1v) is 8.01. The Kier molecular flexibility index (Phi) is 4.52. The van der Waals surface area contributed by atoms with E-state index < -0.39 is 0 Å². The van der Waals surface area contributed by atoms with E-state index in [4.69, 9.17) is 0 Å². The summed E-state index contributed by atoms with van der Waals surface area (Å²) in [5.41, 5.74) is 0.768. The number of fused-ring (bicyclic) bond motifs is 1. The molecule has 4 nitrogen and oxygen atoms in total. The first-order valence-electron chi connectivity index (χ1n) is 8.01. The second kappa shape index (κ2) is 6.57. The molecule has 22 heavy (non-hydrogen) atoms. The third-order valence-corrected chi connectivity index (χ3v) is 4.20. The van der Waals surface area contributed by atoms with Gasteiger partial charge in [-0.15, -0.1) is 0 Å². The summed E-state index contributed by atoms with van der Waals surface area (Å²) in [6.07, 6.45) is 3.98. The van der Waals surface area contributed by atoms with E-state index in [1.165, 1.54) is 37.8 Å². The number of benzene rings is 1. The van der Waals surface area contributed by atoms with E-state index in [-0.39, 0.29) is 5.82 Å². The predicted octanol–water partition coefficient (Wildman–Crippen LogP) is 3.30. The van der Waals surface area contributed by atoms with E-state index in [0.29, 0.717) is 12.0 Å². The van der Waals surface area contributed by atoms with E-state index in [2.05, 4.69) is 34.0 Å². The largest absolute Gasteiger partial charge is 0.368 e. The van der Waals surface area contributed by atoms with Gasteiger partial charge in [-0.3, -0.25) is 4.90 Å². The standard InChI is InChI=1S/C17H23FN4/c1-12(2)10-22-7-3-4-14(22)9-19-17-15-8-13(18)5-6-16(15)20-11-21-17/h5-6,8,11-12,14H,3-4,7,9-10H2,1-2H3,(H,19,20,21)/t14-/m1/s1. The van der Waals surface area contributed by atoms with Gasteiger partial charge in [0.2, 0.25) is 0 Å². The van der Waals surface area contributed by atoms with Crippen molar-refractivity contribution < 1.29 is 4.39 Å². The lowest BCUT2D eigenvalue weighted by Crippen LogP contribution is -2.37. The third-order valence-electron chi connectivity index (χ3n) is 4.20. The van der Waals surface area contributed by atoms with Gasteiger partial charge in [-0.2, -0.15) is 0 Å². The summed E-state index contributed by atoms with van der Waals surface area (Å²) >= 11 is 0. The van der Waals surface area contributed by atoms with Crippen LogP contribution in [-0.2, 0) is 0 Å². The Morgan fingerprint density at radius 1 is 1.36 bits per heavy atom. The molecule has 0 spiro atoms. The zero-order chi connectivity index (χ0) is 15.5. The molecule has 0 aliphatic carbocycles. The number of nitrogens with zero attached hydrogens (tertiary/aromatic N) is 3. The molecule has 0 saturated carbocycles. The molecule has 1 fully saturated rings. The summed E-state index contributed by atoms with van der Waals surface area (Å²) in [6, 6.07) is 5.15. The average Bonchev–Trinajstić information content (AvgIpc) is 2.91. The molecule has 1 saturated heterocycles. The molecule has 2 heterocycles. The maximum absolute atomic E-state index is 13.5.